The molecule has 2 unspecified atom stereocenters. The molecule has 0 bridgehead atoms. The molecule has 29 heavy (non-hydrogen) atoms. The van der Waals surface area contributed by atoms with E-state index in [2.05, 4.69) is 30.4 Å². The van der Waals surface area contributed by atoms with Gasteiger partial charge >= 0.3 is 0 Å². The molecule has 1 N–H and O–H groups in total. The molecule has 0 aromatic heterocycles. The van der Waals surface area contributed by atoms with Crippen molar-refractivity contribution in [3.05, 3.63) is 90.0 Å². The van der Waals surface area contributed by atoms with Crippen LogP contribution in [0.4, 0.5) is 11.4 Å². The lowest BCUT2D eigenvalue weighted by Gasteiger charge is -2.40. The number of hydrogen-bond donors (Lipinski definition) is 1. The lowest BCUT2D eigenvalue weighted by Crippen LogP contribution is -2.46. The summed E-state index contributed by atoms with van der Waals surface area (Å²) >= 11 is 0. The summed E-state index contributed by atoms with van der Waals surface area (Å²) in [6.07, 6.45) is 0.835. The Hall–Kier alpha value is -3.27. The van der Waals surface area contributed by atoms with Gasteiger partial charge in [0.1, 0.15) is 5.75 Å². The predicted molar refractivity (Wildman–Crippen MR) is 117 cm³/mol. The van der Waals surface area contributed by atoms with Gasteiger partial charge < -0.3 is 15.0 Å². The van der Waals surface area contributed by atoms with Gasteiger partial charge in [-0.2, -0.15) is 0 Å². The molecule has 148 valence electrons. The van der Waals surface area contributed by atoms with Crippen molar-refractivity contribution in [2.45, 2.75) is 32.4 Å². The fourth-order valence-corrected chi connectivity index (χ4v) is 3.99. The van der Waals surface area contributed by atoms with Gasteiger partial charge in [0.15, 0.2) is 6.61 Å². The molecule has 0 aliphatic carbocycles. The zero-order valence-corrected chi connectivity index (χ0v) is 16.8. The quantitative estimate of drug-likeness (QED) is 0.642. The van der Waals surface area contributed by atoms with Crippen LogP contribution >= 0.6 is 0 Å². The molecule has 3 aromatic rings. The van der Waals surface area contributed by atoms with Crippen LogP contribution < -0.4 is 15.0 Å². The number of benzene rings is 3. The molecule has 0 saturated carbocycles. The first-order valence-corrected chi connectivity index (χ1v) is 10.0. The van der Waals surface area contributed by atoms with Crippen LogP contribution in [0.15, 0.2) is 78.9 Å². The standard InChI is InChI=1S/C25H26N2O2/c1-18-10-6-9-15-24(18)29-17-25(28)27-19(2)16-22(21-13-7-8-14-23(21)27)26-20-11-4-3-5-12-20/h3-15,19,22,26H,16-17H2,1-2H3. The summed E-state index contributed by atoms with van der Waals surface area (Å²) in [4.78, 5) is 15.0. The Kier molecular flexibility index (Phi) is 5.52. The smallest absolute Gasteiger partial charge is 0.265 e. The zero-order valence-electron chi connectivity index (χ0n) is 16.8. The maximum absolute atomic E-state index is 13.1. The number of fused-ring (bicyclic) bond motifs is 1. The van der Waals surface area contributed by atoms with E-state index in [0.717, 1.165) is 34.7 Å². The molecular weight excluding hydrogens is 360 g/mol. The van der Waals surface area contributed by atoms with E-state index in [1.54, 1.807) is 0 Å². The van der Waals surface area contributed by atoms with Gasteiger partial charge in [0.05, 0.1) is 6.04 Å². The molecule has 0 saturated heterocycles. The van der Waals surface area contributed by atoms with Gasteiger partial charge in [-0.1, -0.05) is 54.6 Å². The summed E-state index contributed by atoms with van der Waals surface area (Å²) in [6.45, 7) is 4.11. The van der Waals surface area contributed by atoms with E-state index in [1.165, 1.54) is 0 Å². The van der Waals surface area contributed by atoms with Gasteiger partial charge in [0.25, 0.3) is 5.91 Å². The van der Waals surface area contributed by atoms with Gasteiger partial charge in [-0.05, 0) is 55.7 Å². The summed E-state index contributed by atoms with van der Waals surface area (Å²) in [6, 6.07) is 26.3. The van der Waals surface area contributed by atoms with Crippen LogP contribution in [0.25, 0.3) is 0 Å². The van der Waals surface area contributed by atoms with Gasteiger partial charge in [0, 0.05) is 17.4 Å². The van der Waals surface area contributed by atoms with Crippen LogP contribution in [0.3, 0.4) is 0 Å². The van der Waals surface area contributed by atoms with Gasteiger partial charge in [-0.15, -0.1) is 0 Å². The fourth-order valence-electron chi connectivity index (χ4n) is 3.99. The van der Waals surface area contributed by atoms with Crippen molar-refractivity contribution in [3.63, 3.8) is 0 Å². The summed E-state index contributed by atoms with van der Waals surface area (Å²) in [5.41, 5.74) is 4.21. The number of amides is 1. The normalized spacial score (nSPS) is 18.1. The van der Waals surface area contributed by atoms with E-state index in [1.807, 2.05) is 72.5 Å². The highest BCUT2D eigenvalue weighted by atomic mass is 16.5. The number of ether oxygens (including phenoxy) is 1. The number of nitrogens with zero attached hydrogens (tertiary/aromatic N) is 1. The van der Waals surface area contributed by atoms with Crippen LogP contribution in [-0.2, 0) is 4.79 Å². The van der Waals surface area contributed by atoms with E-state index in [4.69, 9.17) is 4.74 Å². The van der Waals surface area contributed by atoms with Gasteiger partial charge in [0.2, 0.25) is 0 Å². The van der Waals surface area contributed by atoms with Crippen molar-refractivity contribution >= 4 is 17.3 Å². The third kappa shape index (κ3) is 4.11. The molecule has 0 spiro atoms. The van der Waals surface area contributed by atoms with E-state index >= 15 is 0 Å². The van der Waals surface area contributed by atoms with E-state index in [-0.39, 0.29) is 24.6 Å². The second kappa shape index (κ2) is 8.39. The molecule has 1 amide bonds. The first kappa shape index (κ1) is 19.1. The monoisotopic (exact) mass is 386 g/mol. The largest absolute Gasteiger partial charge is 0.483 e. The highest BCUT2D eigenvalue weighted by Crippen LogP contribution is 2.38. The maximum atomic E-state index is 13.1. The number of nitrogens with one attached hydrogen (secondary N) is 1. The average molecular weight is 386 g/mol. The topological polar surface area (TPSA) is 41.6 Å². The predicted octanol–water partition coefficient (Wildman–Crippen LogP) is 5.35. The first-order valence-electron chi connectivity index (χ1n) is 10.0. The van der Waals surface area contributed by atoms with Crippen LogP contribution in [0.5, 0.6) is 5.75 Å². The molecule has 1 aliphatic heterocycles. The molecular formula is C25H26N2O2. The lowest BCUT2D eigenvalue weighted by atomic mass is 9.91. The minimum absolute atomic E-state index is 0.0219. The van der Waals surface area contributed by atoms with Crippen LogP contribution in [-0.4, -0.2) is 18.6 Å². The third-order valence-corrected chi connectivity index (χ3v) is 5.42. The number of anilines is 2. The van der Waals surface area contributed by atoms with Crippen molar-refractivity contribution in [1.29, 1.82) is 0 Å². The maximum Gasteiger partial charge on any atom is 0.265 e. The fraction of sp³-hybridized carbons (Fsp3) is 0.240. The Labute approximate surface area is 172 Å². The van der Waals surface area contributed by atoms with Gasteiger partial charge in [-0.25, -0.2) is 0 Å². The molecule has 4 rings (SSSR count). The molecule has 4 nitrogen and oxygen atoms in total. The Morgan fingerprint density at radius 3 is 2.48 bits per heavy atom. The number of carbonyl (C=O) groups excluding carboxylic acids is 1. The third-order valence-electron chi connectivity index (χ3n) is 5.42. The molecule has 2 atom stereocenters. The number of aryl methyl sites for hydroxylation is 1. The molecule has 0 radical (unpaired) electrons. The summed E-state index contributed by atoms with van der Waals surface area (Å²) < 4.78 is 5.83. The summed E-state index contributed by atoms with van der Waals surface area (Å²) in [5, 5.41) is 3.62. The number of para-hydroxylation sites is 3. The number of rotatable bonds is 5. The van der Waals surface area contributed by atoms with Crippen molar-refractivity contribution in [2.75, 3.05) is 16.8 Å². The second-order valence-corrected chi connectivity index (χ2v) is 7.52. The summed E-state index contributed by atoms with van der Waals surface area (Å²) in [5.74, 6) is 0.730. The lowest BCUT2D eigenvalue weighted by molar-refractivity contribution is -0.121. The van der Waals surface area contributed by atoms with Crippen molar-refractivity contribution < 1.29 is 9.53 Å². The zero-order chi connectivity index (χ0) is 20.2. The first-order chi connectivity index (χ1) is 14.1. The van der Waals surface area contributed by atoms with Crippen LogP contribution in [0.1, 0.15) is 30.5 Å². The SMILES string of the molecule is Cc1ccccc1OCC(=O)N1c2ccccc2C(Nc2ccccc2)CC1C. The Morgan fingerprint density at radius 1 is 1.00 bits per heavy atom. The second-order valence-electron chi connectivity index (χ2n) is 7.52. The van der Waals surface area contributed by atoms with Crippen molar-refractivity contribution in [2.24, 2.45) is 0 Å². The molecule has 0 fully saturated rings. The molecule has 1 aliphatic rings. The number of hydrogen-bond acceptors (Lipinski definition) is 3. The summed E-state index contributed by atoms with van der Waals surface area (Å²) in [7, 11) is 0. The van der Waals surface area contributed by atoms with E-state index < -0.39 is 0 Å². The number of carbonyl (C=O) groups is 1. The molecule has 1 heterocycles. The minimum Gasteiger partial charge on any atom is -0.483 e. The Balaban J connectivity index is 1.55. The highest BCUT2D eigenvalue weighted by Gasteiger charge is 2.33. The Bertz CT molecular complexity index is 987. The Morgan fingerprint density at radius 2 is 1.69 bits per heavy atom. The van der Waals surface area contributed by atoms with Crippen molar-refractivity contribution in [3.8, 4) is 5.75 Å². The van der Waals surface area contributed by atoms with E-state index in [0.29, 0.717) is 0 Å². The minimum atomic E-state index is -0.0219. The van der Waals surface area contributed by atoms with Crippen LogP contribution in [0, 0.1) is 6.92 Å². The van der Waals surface area contributed by atoms with Crippen molar-refractivity contribution in [1.82, 2.24) is 0 Å². The molecule has 4 heteroatoms. The highest BCUT2D eigenvalue weighted by molar-refractivity contribution is 5.96. The average Bonchev–Trinajstić information content (AvgIpc) is 2.74. The van der Waals surface area contributed by atoms with Crippen LogP contribution in [0.2, 0.25) is 0 Å². The molecule has 3 aromatic carbocycles. The van der Waals surface area contributed by atoms with E-state index in [9.17, 15) is 4.79 Å². The van der Waals surface area contributed by atoms with Gasteiger partial charge in [-0.3, -0.25) is 4.79 Å².